The Bertz CT molecular complexity index is 390. The van der Waals surface area contributed by atoms with Gasteiger partial charge in [0, 0.05) is 23.7 Å². The van der Waals surface area contributed by atoms with Gasteiger partial charge >= 0.3 is 0 Å². The maximum absolute atomic E-state index is 13.1. The molecular weight excluding hydrogens is 240 g/mol. The maximum atomic E-state index is 13.1. The molecule has 1 aromatic carbocycles. The van der Waals surface area contributed by atoms with Crippen LogP contribution in [0.1, 0.15) is 6.42 Å². The standard InChI is InChI=1S/C10H8Cl2FNO/c11-6-1-8(13)4-9(2-6)14-5-7(12)3-10(14)15/h1-2,4,7H,3,5H2. The lowest BCUT2D eigenvalue weighted by molar-refractivity contribution is -0.117. The number of carbonyl (C=O) groups is 1. The number of hydrogen-bond donors (Lipinski definition) is 0. The average Bonchev–Trinajstić information content (AvgIpc) is 2.43. The van der Waals surface area contributed by atoms with Crippen molar-refractivity contribution in [3.8, 4) is 0 Å². The van der Waals surface area contributed by atoms with E-state index in [4.69, 9.17) is 23.2 Å². The van der Waals surface area contributed by atoms with Crippen LogP contribution < -0.4 is 4.90 Å². The second kappa shape index (κ2) is 3.99. The van der Waals surface area contributed by atoms with Gasteiger partial charge in [0.15, 0.2) is 0 Å². The first-order valence-electron chi connectivity index (χ1n) is 4.47. The van der Waals surface area contributed by atoms with Gasteiger partial charge in [-0.3, -0.25) is 4.79 Å². The summed E-state index contributed by atoms with van der Waals surface area (Å²) in [6.07, 6.45) is 0.287. The van der Waals surface area contributed by atoms with Crippen LogP contribution in [0.3, 0.4) is 0 Å². The Morgan fingerprint density at radius 1 is 1.40 bits per heavy atom. The van der Waals surface area contributed by atoms with Gasteiger partial charge in [0.1, 0.15) is 5.82 Å². The Hall–Kier alpha value is -0.800. The minimum atomic E-state index is -0.455. The molecule has 1 aromatic rings. The molecule has 1 saturated heterocycles. The SMILES string of the molecule is O=C1CC(Cl)CN1c1cc(F)cc(Cl)c1. The van der Waals surface area contributed by atoms with Gasteiger partial charge in [-0.15, -0.1) is 11.6 Å². The zero-order valence-corrected chi connectivity index (χ0v) is 9.22. The Balaban J connectivity index is 2.33. The van der Waals surface area contributed by atoms with E-state index in [1.165, 1.54) is 17.0 Å². The molecule has 1 unspecified atom stereocenters. The van der Waals surface area contributed by atoms with Crippen molar-refractivity contribution in [3.05, 3.63) is 29.0 Å². The van der Waals surface area contributed by atoms with Crippen LogP contribution in [0.15, 0.2) is 18.2 Å². The third kappa shape index (κ3) is 2.24. The predicted molar refractivity (Wildman–Crippen MR) is 58.0 cm³/mol. The molecule has 0 aromatic heterocycles. The van der Waals surface area contributed by atoms with Crippen LogP contribution >= 0.6 is 23.2 Å². The lowest BCUT2D eigenvalue weighted by atomic mass is 10.3. The van der Waals surface area contributed by atoms with Crippen LogP contribution in [0.4, 0.5) is 10.1 Å². The Morgan fingerprint density at radius 3 is 2.67 bits per heavy atom. The molecular formula is C10H8Cl2FNO. The minimum absolute atomic E-state index is 0.100. The molecule has 1 aliphatic rings. The van der Waals surface area contributed by atoms with Crippen molar-refractivity contribution in [2.75, 3.05) is 11.4 Å². The van der Waals surface area contributed by atoms with Gasteiger partial charge in [-0.05, 0) is 18.2 Å². The zero-order chi connectivity index (χ0) is 11.0. The molecule has 0 N–H and O–H groups in total. The molecule has 0 bridgehead atoms. The lowest BCUT2D eigenvalue weighted by Gasteiger charge is -2.16. The molecule has 80 valence electrons. The topological polar surface area (TPSA) is 20.3 Å². The minimum Gasteiger partial charge on any atom is -0.311 e. The van der Waals surface area contributed by atoms with Gasteiger partial charge in [-0.1, -0.05) is 11.6 Å². The molecule has 0 spiro atoms. The number of nitrogens with zero attached hydrogens (tertiary/aromatic N) is 1. The van der Waals surface area contributed by atoms with Gasteiger partial charge in [0.2, 0.25) is 5.91 Å². The normalized spacial score (nSPS) is 21.1. The number of alkyl halides is 1. The fourth-order valence-electron chi connectivity index (χ4n) is 1.61. The van der Waals surface area contributed by atoms with E-state index in [1.54, 1.807) is 6.07 Å². The van der Waals surface area contributed by atoms with Crippen LogP contribution in [0.2, 0.25) is 5.02 Å². The van der Waals surface area contributed by atoms with E-state index in [-0.39, 0.29) is 22.7 Å². The first-order chi connectivity index (χ1) is 7.06. The molecule has 1 heterocycles. The zero-order valence-electron chi connectivity index (χ0n) is 7.71. The molecule has 2 nitrogen and oxygen atoms in total. The molecule has 1 amide bonds. The molecule has 15 heavy (non-hydrogen) atoms. The van der Waals surface area contributed by atoms with Gasteiger partial charge in [0.25, 0.3) is 0 Å². The monoisotopic (exact) mass is 247 g/mol. The Labute approximate surface area is 96.6 Å². The molecule has 2 rings (SSSR count). The molecule has 1 atom stereocenters. The number of anilines is 1. The van der Waals surface area contributed by atoms with Crippen molar-refractivity contribution >= 4 is 34.8 Å². The highest BCUT2D eigenvalue weighted by Crippen LogP contribution is 2.27. The van der Waals surface area contributed by atoms with E-state index in [2.05, 4.69) is 0 Å². The van der Waals surface area contributed by atoms with Gasteiger partial charge in [-0.25, -0.2) is 4.39 Å². The fraction of sp³-hybridized carbons (Fsp3) is 0.300. The first-order valence-corrected chi connectivity index (χ1v) is 5.28. The van der Waals surface area contributed by atoms with Crippen molar-refractivity contribution in [1.82, 2.24) is 0 Å². The summed E-state index contributed by atoms with van der Waals surface area (Å²) in [7, 11) is 0. The molecule has 1 aliphatic heterocycles. The van der Waals surface area contributed by atoms with Gasteiger partial charge in [0.05, 0.1) is 5.38 Å². The summed E-state index contributed by atoms with van der Waals surface area (Å²) in [5, 5.41) is 0.0652. The summed E-state index contributed by atoms with van der Waals surface area (Å²) < 4.78 is 13.1. The number of halogens is 3. The van der Waals surface area contributed by atoms with Crippen LogP contribution in [0.25, 0.3) is 0 Å². The fourth-order valence-corrected chi connectivity index (χ4v) is 2.09. The van der Waals surface area contributed by atoms with E-state index in [0.29, 0.717) is 12.2 Å². The van der Waals surface area contributed by atoms with E-state index < -0.39 is 5.82 Å². The average molecular weight is 248 g/mol. The van der Waals surface area contributed by atoms with Crippen molar-refractivity contribution in [3.63, 3.8) is 0 Å². The van der Waals surface area contributed by atoms with E-state index in [1.807, 2.05) is 0 Å². The summed E-state index contributed by atoms with van der Waals surface area (Å²) in [5.74, 6) is -0.556. The van der Waals surface area contributed by atoms with E-state index in [9.17, 15) is 9.18 Å². The summed E-state index contributed by atoms with van der Waals surface area (Å²) in [5.41, 5.74) is 0.466. The van der Waals surface area contributed by atoms with Crippen molar-refractivity contribution in [2.24, 2.45) is 0 Å². The largest absolute Gasteiger partial charge is 0.311 e. The van der Waals surface area contributed by atoms with Crippen molar-refractivity contribution < 1.29 is 9.18 Å². The summed E-state index contributed by atoms with van der Waals surface area (Å²) in [6, 6.07) is 4.03. The highest BCUT2D eigenvalue weighted by molar-refractivity contribution is 6.31. The Morgan fingerprint density at radius 2 is 2.13 bits per heavy atom. The molecule has 1 fully saturated rings. The quantitative estimate of drug-likeness (QED) is 0.700. The van der Waals surface area contributed by atoms with Crippen molar-refractivity contribution in [1.29, 1.82) is 0 Å². The Kier molecular flexibility index (Phi) is 2.85. The highest BCUT2D eigenvalue weighted by atomic mass is 35.5. The number of hydrogen-bond acceptors (Lipinski definition) is 1. The number of amides is 1. The summed E-state index contributed by atoms with van der Waals surface area (Å²) in [6.45, 7) is 0.403. The number of rotatable bonds is 1. The number of carbonyl (C=O) groups excluding carboxylic acids is 1. The summed E-state index contributed by atoms with van der Waals surface area (Å²) in [4.78, 5) is 12.9. The third-order valence-electron chi connectivity index (χ3n) is 2.24. The molecule has 0 aliphatic carbocycles. The third-order valence-corrected chi connectivity index (χ3v) is 2.75. The maximum Gasteiger partial charge on any atom is 0.228 e. The van der Waals surface area contributed by atoms with Crippen LogP contribution in [0.5, 0.6) is 0 Å². The lowest BCUT2D eigenvalue weighted by Crippen LogP contribution is -2.24. The summed E-state index contributed by atoms with van der Waals surface area (Å²) >= 11 is 11.5. The second-order valence-corrected chi connectivity index (χ2v) is 4.49. The van der Waals surface area contributed by atoms with E-state index in [0.717, 1.165) is 0 Å². The van der Waals surface area contributed by atoms with Gasteiger partial charge in [-0.2, -0.15) is 0 Å². The van der Waals surface area contributed by atoms with Crippen LogP contribution in [-0.4, -0.2) is 17.8 Å². The van der Waals surface area contributed by atoms with Crippen molar-refractivity contribution in [2.45, 2.75) is 11.8 Å². The first kappa shape index (κ1) is 10.7. The van der Waals surface area contributed by atoms with Crippen LogP contribution in [0, 0.1) is 5.82 Å². The second-order valence-electron chi connectivity index (χ2n) is 3.43. The molecule has 0 radical (unpaired) electrons. The van der Waals surface area contributed by atoms with Crippen LogP contribution in [-0.2, 0) is 4.79 Å². The smallest absolute Gasteiger partial charge is 0.228 e. The molecule has 5 heteroatoms. The predicted octanol–water partition coefficient (Wildman–Crippen LogP) is 2.82. The van der Waals surface area contributed by atoms with E-state index >= 15 is 0 Å². The molecule has 0 saturated carbocycles. The highest BCUT2D eigenvalue weighted by Gasteiger charge is 2.29. The number of benzene rings is 1. The van der Waals surface area contributed by atoms with Gasteiger partial charge < -0.3 is 4.90 Å².